The van der Waals surface area contributed by atoms with Crippen LogP contribution in [0.5, 0.6) is 0 Å². The molecule has 1 aromatic heterocycles. The van der Waals surface area contributed by atoms with Crippen LogP contribution in [-0.4, -0.2) is 26.4 Å². The number of thioether (sulfide) groups is 1. The number of carbonyl (C=O) groups is 1. The van der Waals surface area contributed by atoms with Gasteiger partial charge in [-0.15, -0.1) is 10.2 Å². The standard InChI is InChI=1S/C20H21FN4OS/c1-13-8-9-14(2)18(10-13)25-15(3)23-24-20(25)27-12-19(26)22-11-16-6-4-5-7-17(16)21/h4-10H,11-12H2,1-3H3,(H,22,26). The molecule has 0 aliphatic carbocycles. The summed E-state index contributed by atoms with van der Waals surface area (Å²) in [6, 6.07) is 12.6. The van der Waals surface area contributed by atoms with Crippen LogP contribution >= 0.6 is 11.8 Å². The van der Waals surface area contributed by atoms with E-state index in [0.717, 1.165) is 22.6 Å². The van der Waals surface area contributed by atoms with Crippen LogP contribution in [0.3, 0.4) is 0 Å². The van der Waals surface area contributed by atoms with Gasteiger partial charge in [0.15, 0.2) is 5.16 Å². The summed E-state index contributed by atoms with van der Waals surface area (Å²) in [6.07, 6.45) is 0. The highest BCUT2D eigenvalue weighted by Gasteiger charge is 2.15. The van der Waals surface area contributed by atoms with Gasteiger partial charge in [0.25, 0.3) is 0 Å². The molecule has 0 atom stereocenters. The Labute approximate surface area is 162 Å². The van der Waals surface area contributed by atoms with E-state index in [1.165, 1.54) is 17.8 Å². The van der Waals surface area contributed by atoms with Crippen LogP contribution in [0.1, 0.15) is 22.5 Å². The molecule has 27 heavy (non-hydrogen) atoms. The number of hydrogen-bond acceptors (Lipinski definition) is 4. The predicted molar refractivity (Wildman–Crippen MR) is 105 cm³/mol. The highest BCUT2D eigenvalue weighted by molar-refractivity contribution is 7.99. The van der Waals surface area contributed by atoms with Gasteiger partial charge in [-0.2, -0.15) is 0 Å². The molecule has 1 heterocycles. The van der Waals surface area contributed by atoms with Gasteiger partial charge in [-0.05, 0) is 44.0 Å². The number of carbonyl (C=O) groups excluding carboxylic acids is 1. The Balaban J connectivity index is 1.68. The Hall–Kier alpha value is -2.67. The Morgan fingerprint density at radius 1 is 1.15 bits per heavy atom. The molecular formula is C20H21FN4OS. The summed E-state index contributed by atoms with van der Waals surface area (Å²) < 4.78 is 15.6. The van der Waals surface area contributed by atoms with Crippen molar-refractivity contribution in [3.63, 3.8) is 0 Å². The molecular weight excluding hydrogens is 363 g/mol. The number of aromatic nitrogens is 3. The third-order valence-electron chi connectivity index (χ3n) is 4.17. The van der Waals surface area contributed by atoms with E-state index in [-0.39, 0.29) is 24.0 Å². The zero-order valence-electron chi connectivity index (χ0n) is 15.5. The van der Waals surface area contributed by atoms with Gasteiger partial charge in [-0.1, -0.05) is 42.1 Å². The fourth-order valence-electron chi connectivity index (χ4n) is 2.69. The SMILES string of the molecule is Cc1ccc(C)c(-n2c(C)nnc2SCC(=O)NCc2ccccc2F)c1. The first-order valence-corrected chi connectivity index (χ1v) is 9.57. The van der Waals surface area contributed by atoms with Crippen molar-refractivity contribution in [3.8, 4) is 5.69 Å². The van der Waals surface area contributed by atoms with Crippen molar-refractivity contribution < 1.29 is 9.18 Å². The highest BCUT2D eigenvalue weighted by atomic mass is 32.2. The number of rotatable bonds is 6. The maximum Gasteiger partial charge on any atom is 0.230 e. The lowest BCUT2D eigenvalue weighted by Crippen LogP contribution is -2.25. The number of halogens is 1. The Morgan fingerprint density at radius 3 is 2.70 bits per heavy atom. The number of benzene rings is 2. The fraction of sp³-hybridized carbons (Fsp3) is 0.250. The molecule has 0 aliphatic rings. The first-order valence-electron chi connectivity index (χ1n) is 8.58. The van der Waals surface area contributed by atoms with E-state index in [0.29, 0.717) is 10.7 Å². The molecule has 0 saturated heterocycles. The molecule has 0 unspecified atom stereocenters. The maximum atomic E-state index is 13.6. The first kappa shape index (κ1) is 19.1. The van der Waals surface area contributed by atoms with Crippen molar-refractivity contribution in [2.24, 2.45) is 0 Å². The van der Waals surface area contributed by atoms with Gasteiger partial charge in [-0.25, -0.2) is 4.39 Å². The minimum atomic E-state index is -0.323. The van der Waals surface area contributed by atoms with Crippen LogP contribution in [0, 0.1) is 26.6 Å². The van der Waals surface area contributed by atoms with Crippen LogP contribution in [0.15, 0.2) is 47.6 Å². The van der Waals surface area contributed by atoms with Crippen molar-refractivity contribution in [2.45, 2.75) is 32.5 Å². The van der Waals surface area contributed by atoms with E-state index in [4.69, 9.17) is 0 Å². The van der Waals surface area contributed by atoms with E-state index < -0.39 is 0 Å². The average Bonchev–Trinajstić information content (AvgIpc) is 3.01. The molecule has 0 bridgehead atoms. The summed E-state index contributed by atoms with van der Waals surface area (Å²) in [6.45, 7) is 6.11. The Bertz CT molecular complexity index is 970. The molecule has 1 amide bonds. The van der Waals surface area contributed by atoms with E-state index in [9.17, 15) is 9.18 Å². The van der Waals surface area contributed by atoms with Crippen molar-refractivity contribution in [1.29, 1.82) is 0 Å². The lowest BCUT2D eigenvalue weighted by atomic mass is 10.1. The number of hydrogen-bond donors (Lipinski definition) is 1. The second kappa shape index (κ2) is 8.35. The van der Waals surface area contributed by atoms with Gasteiger partial charge in [0.05, 0.1) is 11.4 Å². The average molecular weight is 384 g/mol. The molecule has 0 radical (unpaired) electrons. The van der Waals surface area contributed by atoms with E-state index in [2.05, 4.69) is 33.7 Å². The van der Waals surface area contributed by atoms with Gasteiger partial charge in [-0.3, -0.25) is 9.36 Å². The molecule has 0 fully saturated rings. The van der Waals surface area contributed by atoms with Crippen LogP contribution < -0.4 is 5.32 Å². The van der Waals surface area contributed by atoms with Crippen LogP contribution in [0.25, 0.3) is 5.69 Å². The number of aryl methyl sites for hydroxylation is 3. The number of amides is 1. The second-order valence-electron chi connectivity index (χ2n) is 6.31. The Kier molecular flexibility index (Phi) is 5.91. The minimum absolute atomic E-state index is 0.161. The predicted octanol–water partition coefficient (Wildman–Crippen LogP) is 3.74. The largest absolute Gasteiger partial charge is 0.351 e. The van der Waals surface area contributed by atoms with Crippen molar-refractivity contribution >= 4 is 17.7 Å². The third kappa shape index (κ3) is 4.54. The zero-order valence-corrected chi connectivity index (χ0v) is 16.3. The number of nitrogens with one attached hydrogen (secondary N) is 1. The summed E-state index contributed by atoms with van der Waals surface area (Å²) in [4.78, 5) is 12.2. The van der Waals surface area contributed by atoms with E-state index >= 15 is 0 Å². The van der Waals surface area contributed by atoms with Crippen LogP contribution in [0.4, 0.5) is 4.39 Å². The van der Waals surface area contributed by atoms with Crippen LogP contribution in [-0.2, 0) is 11.3 Å². The summed E-state index contributed by atoms with van der Waals surface area (Å²) >= 11 is 1.31. The maximum absolute atomic E-state index is 13.6. The second-order valence-corrected chi connectivity index (χ2v) is 7.25. The molecule has 5 nitrogen and oxygen atoms in total. The lowest BCUT2D eigenvalue weighted by Gasteiger charge is -2.12. The molecule has 7 heteroatoms. The molecule has 3 rings (SSSR count). The van der Waals surface area contributed by atoms with Gasteiger partial charge in [0, 0.05) is 12.1 Å². The molecule has 2 aromatic carbocycles. The minimum Gasteiger partial charge on any atom is -0.351 e. The lowest BCUT2D eigenvalue weighted by molar-refractivity contribution is -0.118. The van der Waals surface area contributed by atoms with E-state index in [1.807, 2.05) is 25.3 Å². The van der Waals surface area contributed by atoms with Gasteiger partial charge >= 0.3 is 0 Å². The Morgan fingerprint density at radius 2 is 1.93 bits per heavy atom. The van der Waals surface area contributed by atoms with Gasteiger partial charge in [0.1, 0.15) is 11.6 Å². The number of nitrogens with zero attached hydrogens (tertiary/aromatic N) is 3. The molecule has 140 valence electrons. The van der Waals surface area contributed by atoms with Crippen molar-refractivity contribution in [3.05, 3.63) is 70.8 Å². The normalized spacial score (nSPS) is 10.8. The molecule has 0 spiro atoms. The molecule has 0 saturated carbocycles. The summed E-state index contributed by atoms with van der Waals surface area (Å²) in [7, 11) is 0. The fourth-order valence-corrected chi connectivity index (χ4v) is 3.51. The molecule has 1 N–H and O–H groups in total. The first-order chi connectivity index (χ1) is 13.0. The summed E-state index contributed by atoms with van der Waals surface area (Å²) in [5.41, 5.74) is 3.72. The van der Waals surface area contributed by atoms with Crippen LogP contribution in [0.2, 0.25) is 0 Å². The van der Waals surface area contributed by atoms with E-state index in [1.54, 1.807) is 18.2 Å². The summed E-state index contributed by atoms with van der Waals surface area (Å²) in [5, 5.41) is 11.8. The smallest absolute Gasteiger partial charge is 0.230 e. The monoisotopic (exact) mass is 384 g/mol. The highest BCUT2D eigenvalue weighted by Crippen LogP contribution is 2.24. The van der Waals surface area contributed by atoms with Crippen molar-refractivity contribution in [1.82, 2.24) is 20.1 Å². The van der Waals surface area contributed by atoms with Crippen molar-refractivity contribution in [2.75, 3.05) is 5.75 Å². The zero-order chi connectivity index (χ0) is 19.4. The van der Waals surface area contributed by atoms with Gasteiger partial charge in [0.2, 0.25) is 5.91 Å². The summed E-state index contributed by atoms with van der Waals surface area (Å²) in [5.74, 6) is 0.433. The third-order valence-corrected chi connectivity index (χ3v) is 5.10. The molecule has 0 aliphatic heterocycles. The quantitative estimate of drug-likeness (QED) is 0.658. The topological polar surface area (TPSA) is 59.8 Å². The molecule has 3 aromatic rings. The van der Waals surface area contributed by atoms with Gasteiger partial charge < -0.3 is 5.32 Å².